The zero-order valence-electron chi connectivity index (χ0n) is 12.9. The van der Waals surface area contributed by atoms with Gasteiger partial charge in [0.15, 0.2) is 11.6 Å². The Kier molecular flexibility index (Phi) is 3.10. The maximum absolute atomic E-state index is 12.8. The Bertz CT molecular complexity index is 661. The van der Waals surface area contributed by atoms with Crippen LogP contribution in [0.3, 0.4) is 0 Å². The van der Waals surface area contributed by atoms with Gasteiger partial charge in [0.25, 0.3) is 0 Å². The fourth-order valence-electron chi connectivity index (χ4n) is 4.48. The van der Waals surface area contributed by atoms with Gasteiger partial charge in [0, 0.05) is 30.8 Å². The lowest BCUT2D eigenvalue weighted by Crippen LogP contribution is -2.51. The lowest BCUT2D eigenvalue weighted by molar-refractivity contribution is -0.201. The molecule has 1 fully saturated rings. The third-order valence-corrected chi connectivity index (χ3v) is 5.45. The van der Waals surface area contributed by atoms with Crippen molar-refractivity contribution < 1.29 is 14.3 Å². The van der Waals surface area contributed by atoms with Gasteiger partial charge in [-0.25, -0.2) is 0 Å². The second kappa shape index (κ2) is 4.90. The Morgan fingerprint density at radius 1 is 1.23 bits per heavy atom. The predicted molar refractivity (Wildman–Crippen MR) is 83.2 cm³/mol. The highest BCUT2D eigenvalue weighted by Crippen LogP contribution is 2.55. The molecule has 0 radical (unpaired) electrons. The van der Waals surface area contributed by atoms with Crippen molar-refractivity contribution in [2.24, 2.45) is 17.8 Å². The van der Waals surface area contributed by atoms with Gasteiger partial charge in [-0.1, -0.05) is 42.5 Å². The minimum absolute atomic E-state index is 0.0604. The number of methoxy groups -OCH3 is 1. The van der Waals surface area contributed by atoms with Gasteiger partial charge in [0.05, 0.1) is 6.61 Å². The van der Waals surface area contributed by atoms with Crippen molar-refractivity contribution in [2.75, 3.05) is 13.7 Å². The highest BCUT2D eigenvalue weighted by molar-refractivity contribution is 5.95. The molecule has 0 bridgehead atoms. The Labute approximate surface area is 130 Å². The van der Waals surface area contributed by atoms with Crippen molar-refractivity contribution >= 4 is 5.78 Å². The fraction of sp³-hybridized carbons (Fsp3) is 0.421. The molecular formula is C19H20O3. The van der Waals surface area contributed by atoms with Crippen LogP contribution in [0.15, 0.2) is 54.1 Å². The van der Waals surface area contributed by atoms with E-state index < -0.39 is 5.79 Å². The van der Waals surface area contributed by atoms with E-state index >= 15 is 0 Å². The third kappa shape index (κ3) is 1.73. The van der Waals surface area contributed by atoms with Gasteiger partial charge in [0.1, 0.15) is 0 Å². The van der Waals surface area contributed by atoms with Crippen molar-refractivity contribution in [3.63, 3.8) is 0 Å². The summed E-state index contributed by atoms with van der Waals surface area (Å²) in [6.45, 7) is 2.56. The quantitative estimate of drug-likeness (QED) is 0.787. The van der Waals surface area contributed by atoms with Crippen LogP contribution in [0.5, 0.6) is 0 Å². The SMILES string of the molecule is CO[C@@]12OC[C@H]3C=C[C@@H](c4ccccc4)[C@@H](C(=O)C=C1C)[C@H]32. The van der Waals surface area contributed by atoms with E-state index in [0.717, 1.165) is 5.57 Å². The molecule has 3 heteroatoms. The summed E-state index contributed by atoms with van der Waals surface area (Å²) in [6.07, 6.45) is 6.12. The summed E-state index contributed by atoms with van der Waals surface area (Å²) in [4.78, 5) is 12.8. The van der Waals surface area contributed by atoms with E-state index in [-0.39, 0.29) is 29.5 Å². The summed E-state index contributed by atoms with van der Waals surface area (Å²) in [5.41, 5.74) is 2.08. The molecule has 1 aliphatic heterocycles. The van der Waals surface area contributed by atoms with Gasteiger partial charge in [-0.15, -0.1) is 0 Å². The smallest absolute Gasteiger partial charge is 0.194 e. The van der Waals surface area contributed by atoms with E-state index in [0.29, 0.717) is 6.61 Å². The largest absolute Gasteiger partial charge is 0.349 e. The molecule has 0 spiro atoms. The lowest BCUT2D eigenvalue weighted by atomic mass is 9.61. The number of hydrogen-bond donors (Lipinski definition) is 0. The first-order valence-electron chi connectivity index (χ1n) is 7.82. The summed E-state index contributed by atoms with van der Waals surface area (Å²) in [5, 5.41) is 0. The van der Waals surface area contributed by atoms with E-state index in [2.05, 4.69) is 24.3 Å². The van der Waals surface area contributed by atoms with Crippen LogP contribution in [-0.2, 0) is 14.3 Å². The standard InChI is InChI=1S/C19H20O3/c1-12-10-16(20)17-15(13-6-4-3-5-7-13)9-8-14-11-22-19(12,21-2)18(14)17/h3-10,14-15,17-18H,11H2,1-2H3/t14-,15+,17+,18+,19-/m1/s1. The Balaban J connectivity index is 1.85. The molecule has 2 aliphatic carbocycles. The molecule has 5 atom stereocenters. The maximum Gasteiger partial charge on any atom is 0.194 e. The van der Waals surface area contributed by atoms with E-state index in [1.54, 1.807) is 13.2 Å². The van der Waals surface area contributed by atoms with Crippen LogP contribution in [0.4, 0.5) is 0 Å². The summed E-state index contributed by atoms with van der Waals surface area (Å²) >= 11 is 0. The van der Waals surface area contributed by atoms with Crippen LogP contribution in [0.25, 0.3) is 0 Å². The molecule has 4 rings (SSSR count). The monoisotopic (exact) mass is 296 g/mol. The van der Waals surface area contributed by atoms with Gasteiger partial charge in [-0.2, -0.15) is 0 Å². The highest BCUT2D eigenvalue weighted by Gasteiger charge is 2.60. The fourth-order valence-corrected chi connectivity index (χ4v) is 4.48. The van der Waals surface area contributed by atoms with E-state index in [1.165, 1.54) is 5.56 Å². The van der Waals surface area contributed by atoms with Crippen LogP contribution in [-0.4, -0.2) is 25.3 Å². The van der Waals surface area contributed by atoms with E-state index in [9.17, 15) is 4.79 Å². The normalized spacial score (nSPS) is 39.5. The van der Waals surface area contributed by atoms with Crippen LogP contribution in [0.1, 0.15) is 18.4 Å². The number of ketones is 1. The van der Waals surface area contributed by atoms with Crippen molar-refractivity contribution in [3.8, 4) is 0 Å². The molecule has 114 valence electrons. The first kappa shape index (κ1) is 13.9. The zero-order chi connectivity index (χ0) is 15.3. The summed E-state index contributed by atoms with van der Waals surface area (Å²) < 4.78 is 11.9. The Morgan fingerprint density at radius 3 is 2.73 bits per heavy atom. The first-order chi connectivity index (χ1) is 10.7. The van der Waals surface area contributed by atoms with Gasteiger partial charge < -0.3 is 9.47 Å². The predicted octanol–water partition coefficient (Wildman–Crippen LogP) is 3.09. The zero-order valence-corrected chi connectivity index (χ0v) is 12.9. The molecule has 0 aromatic heterocycles. The number of benzene rings is 1. The molecule has 0 N–H and O–H groups in total. The number of rotatable bonds is 2. The van der Waals surface area contributed by atoms with Crippen molar-refractivity contribution in [3.05, 3.63) is 59.7 Å². The number of ether oxygens (including phenoxy) is 2. The third-order valence-electron chi connectivity index (χ3n) is 5.45. The number of allylic oxidation sites excluding steroid dienone is 2. The van der Waals surface area contributed by atoms with Crippen LogP contribution < -0.4 is 0 Å². The van der Waals surface area contributed by atoms with Gasteiger partial charge >= 0.3 is 0 Å². The van der Waals surface area contributed by atoms with Crippen LogP contribution in [0.2, 0.25) is 0 Å². The van der Waals surface area contributed by atoms with Gasteiger partial charge in [-0.3, -0.25) is 4.79 Å². The van der Waals surface area contributed by atoms with Crippen LogP contribution in [0, 0.1) is 17.8 Å². The van der Waals surface area contributed by atoms with Gasteiger partial charge in [0.2, 0.25) is 0 Å². The second-order valence-corrected chi connectivity index (χ2v) is 6.45. The molecule has 3 aliphatic rings. The second-order valence-electron chi connectivity index (χ2n) is 6.45. The topological polar surface area (TPSA) is 35.5 Å². The molecule has 22 heavy (non-hydrogen) atoms. The molecule has 1 aromatic carbocycles. The van der Waals surface area contributed by atoms with Crippen molar-refractivity contribution in [1.29, 1.82) is 0 Å². The molecule has 1 heterocycles. The van der Waals surface area contributed by atoms with E-state index in [1.807, 2.05) is 25.1 Å². The summed E-state index contributed by atoms with van der Waals surface area (Å²) in [5.74, 6) is -0.244. The number of carbonyl (C=O) groups excluding carboxylic acids is 1. The molecule has 0 saturated carbocycles. The maximum atomic E-state index is 12.8. The average Bonchev–Trinajstić information content (AvgIpc) is 2.94. The minimum atomic E-state index is -0.735. The number of hydrogen-bond acceptors (Lipinski definition) is 3. The van der Waals surface area contributed by atoms with Crippen LogP contribution >= 0.6 is 0 Å². The molecule has 0 amide bonds. The molecular weight excluding hydrogens is 276 g/mol. The Hall–Kier alpha value is -1.71. The summed E-state index contributed by atoms with van der Waals surface area (Å²) in [6, 6.07) is 10.2. The van der Waals surface area contributed by atoms with Crippen molar-refractivity contribution in [2.45, 2.75) is 18.6 Å². The molecule has 1 saturated heterocycles. The summed E-state index contributed by atoms with van der Waals surface area (Å²) in [7, 11) is 1.68. The molecule has 1 aromatic rings. The van der Waals surface area contributed by atoms with E-state index in [4.69, 9.17) is 9.47 Å². The average molecular weight is 296 g/mol. The highest BCUT2D eigenvalue weighted by atomic mass is 16.7. The van der Waals surface area contributed by atoms with Crippen molar-refractivity contribution in [1.82, 2.24) is 0 Å². The van der Waals surface area contributed by atoms with Gasteiger partial charge in [-0.05, 0) is 24.1 Å². The lowest BCUT2D eigenvalue weighted by Gasteiger charge is -2.45. The Morgan fingerprint density at radius 2 is 2.00 bits per heavy atom. The number of carbonyl (C=O) groups is 1. The molecule has 3 nitrogen and oxygen atoms in total. The molecule has 0 unspecified atom stereocenters. The minimum Gasteiger partial charge on any atom is -0.349 e. The first-order valence-corrected chi connectivity index (χ1v) is 7.82.